The minimum absolute atomic E-state index is 0.685. The topological polar surface area (TPSA) is 3.24 Å². The minimum atomic E-state index is 0.685. The summed E-state index contributed by atoms with van der Waals surface area (Å²) in [7, 11) is 0. The molecule has 1 aliphatic rings. The van der Waals surface area contributed by atoms with Crippen LogP contribution >= 0.6 is 0 Å². The van der Waals surface area contributed by atoms with Crippen molar-refractivity contribution in [3.63, 3.8) is 0 Å². The van der Waals surface area contributed by atoms with Crippen molar-refractivity contribution in [2.75, 3.05) is 13.1 Å². The Morgan fingerprint density at radius 3 is 2.21 bits per heavy atom. The molecule has 1 heterocycles. The fourth-order valence-corrected chi connectivity index (χ4v) is 3.17. The predicted octanol–water partition coefficient (Wildman–Crippen LogP) is 3.92. The molecule has 1 nitrogen and oxygen atoms in total. The maximum atomic E-state index is 2.58. The van der Waals surface area contributed by atoms with Crippen molar-refractivity contribution in [1.29, 1.82) is 0 Å². The largest absolute Gasteiger partial charge is 0.298 e. The normalized spacial score (nSPS) is 23.6. The van der Waals surface area contributed by atoms with Gasteiger partial charge in [-0.15, -0.1) is 0 Å². The lowest BCUT2D eigenvalue weighted by atomic mass is 9.90. The second kappa shape index (κ2) is 5.58. The fourth-order valence-electron chi connectivity index (χ4n) is 3.17. The van der Waals surface area contributed by atoms with E-state index in [2.05, 4.69) is 72.5 Å². The lowest BCUT2D eigenvalue weighted by Crippen LogP contribution is -2.20. The highest BCUT2D eigenvalue weighted by atomic mass is 15.1. The van der Waals surface area contributed by atoms with Crippen molar-refractivity contribution in [3.8, 4) is 0 Å². The Bertz CT molecular complexity index is 506. The van der Waals surface area contributed by atoms with Gasteiger partial charge in [0, 0.05) is 25.6 Å². The molecule has 2 aromatic carbocycles. The van der Waals surface area contributed by atoms with Crippen molar-refractivity contribution < 1.29 is 0 Å². The van der Waals surface area contributed by atoms with Crippen LogP contribution in [0.4, 0.5) is 0 Å². The van der Waals surface area contributed by atoms with Gasteiger partial charge in [-0.3, -0.25) is 4.90 Å². The summed E-state index contributed by atoms with van der Waals surface area (Å²) in [6.07, 6.45) is 0. The molecule has 0 saturated carbocycles. The van der Waals surface area contributed by atoms with E-state index in [-0.39, 0.29) is 0 Å². The van der Waals surface area contributed by atoms with Gasteiger partial charge < -0.3 is 0 Å². The molecule has 0 spiro atoms. The summed E-state index contributed by atoms with van der Waals surface area (Å²) in [4.78, 5) is 2.58. The average Bonchev–Trinajstić information content (AvgIpc) is 2.82. The first-order valence-electron chi connectivity index (χ1n) is 7.14. The predicted molar refractivity (Wildman–Crippen MR) is 80.1 cm³/mol. The van der Waals surface area contributed by atoms with Crippen molar-refractivity contribution >= 4 is 0 Å². The molecule has 0 N–H and O–H groups in total. The lowest BCUT2D eigenvalue weighted by Gasteiger charge is -2.16. The Kier molecular flexibility index (Phi) is 3.65. The Hall–Kier alpha value is -1.60. The van der Waals surface area contributed by atoms with E-state index in [1.54, 1.807) is 0 Å². The molecule has 0 bridgehead atoms. The van der Waals surface area contributed by atoms with Gasteiger partial charge in [0.1, 0.15) is 0 Å². The van der Waals surface area contributed by atoms with E-state index in [1.807, 2.05) is 0 Å². The molecule has 1 heteroatoms. The summed E-state index contributed by atoms with van der Waals surface area (Å²) in [5, 5.41) is 0. The molecule has 19 heavy (non-hydrogen) atoms. The van der Waals surface area contributed by atoms with Gasteiger partial charge in [0.05, 0.1) is 0 Å². The molecular formula is C18H21N. The Morgan fingerprint density at radius 2 is 1.53 bits per heavy atom. The molecule has 2 aromatic rings. The monoisotopic (exact) mass is 251 g/mol. The number of hydrogen-bond acceptors (Lipinski definition) is 1. The Morgan fingerprint density at radius 1 is 0.895 bits per heavy atom. The zero-order chi connectivity index (χ0) is 13.1. The van der Waals surface area contributed by atoms with Crippen LogP contribution in [0, 0.1) is 5.92 Å². The lowest BCUT2D eigenvalue weighted by molar-refractivity contribution is 0.319. The molecular weight excluding hydrogens is 230 g/mol. The molecule has 98 valence electrons. The number of nitrogens with zero attached hydrogens (tertiary/aromatic N) is 1. The van der Waals surface area contributed by atoms with E-state index in [9.17, 15) is 0 Å². The highest BCUT2D eigenvalue weighted by Crippen LogP contribution is 2.32. The summed E-state index contributed by atoms with van der Waals surface area (Å²) < 4.78 is 0. The third-order valence-electron chi connectivity index (χ3n) is 4.16. The molecule has 0 aromatic heterocycles. The van der Waals surface area contributed by atoms with E-state index in [4.69, 9.17) is 0 Å². The van der Waals surface area contributed by atoms with Gasteiger partial charge in [0.25, 0.3) is 0 Å². The van der Waals surface area contributed by atoms with E-state index >= 15 is 0 Å². The van der Waals surface area contributed by atoms with Gasteiger partial charge in [-0.05, 0) is 17.0 Å². The van der Waals surface area contributed by atoms with Crippen molar-refractivity contribution in [3.05, 3.63) is 71.8 Å². The minimum Gasteiger partial charge on any atom is -0.298 e. The second-order valence-corrected chi connectivity index (χ2v) is 5.67. The van der Waals surface area contributed by atoms with Crippen LogP contribution in [-0.2, 0) is 6.54 Å². The maximum absolute atomic E-state index is 2.58. The number of likely N-dealkylation sites (tertiary alicyclic amines) is 1. The maximum Gasteiger partial charge on any atom is 0.0234 e. The standard InChI is InChI=1S/C18H21N/c1-15-12-19(13-16-8-4-2-5-9-16)14-18(15)17-10-6-3-7-11-17/h2-11,15,18H,12-14H2,1H3/t15?,18-/m0/s1. The summed E-state index contributed by atoms with van der Waals surface area (Å²) in [5.41, 5.74) is 2.91. The van der Waals surface area contributed by atoms with Crippen molar-refractivity contribution in [2.24, 2.45) is 5.92 Å². The van der Waals surface area contributed by atoms with Gasteiger partial charge in [0.2, 0.25) is 0 Å². The van der Waals surface area contributed by atoms with Gasteiger partial charge >= 0.3 is 0 Å². The fraction of sp³-hybridized carbons (Fsp3) is 0.333. The first-order chi connectivity index (χ1) is 9.33. The van der Waals surface area contributed by atoms with E-state index in [0.29, 0.717) is 5.92 Å². The second-order valence-electron chi connectivity index (χ2n) is 5.67. The van der Waals surface area contributed by atoms with Crippen LogP contribution in [0.25, 0.3) is 0 Å². The van der Waals surface area contributed by atoms with Gasteiger partial charge in [-0.1, -0.05) is 67.6 Å². The molecule has 1 aliphatic heterocycles. The zero-order valence-corrected chi connectivity index (χ0v) is 11.5. The van der Waals surface area contributed by atoms with Crippen LogP contribution in [0.5, 0.6) is 0 Å². The zero-order valence-electron chi connectivity index (χ0n) is 11.5. The summed E-state index contributed by atoms with van der Waals surface area (Å²) in [6, 6.07) is 21.7. The summed E-state index contributed by atoms with van der Waals surface area (Å²) >= 11 is 0. The Labute approximate surface area is 115 Å². The third-order valence-corrected chi connectivity index (χ3v) is 4.16. The van der Waals surface area contributed by atoms with Gasteiger partial charge in [0.15, 0.2) is 0 Å². The van der Waals surface area contributed by atoms with Crippen molar-refractivity contribution in [1.82, 2.24) is 4.90 Å². The molecule has 1 fully saturated rings. The molecule has 0 amide bonds. The average molecular weight is 251 g/mol. The summed E-state index contributed by atoms with van der Waals surface area (Å²) in [5.74, 6) is 1.43. The number of benzene rings is 2. The molecule has 1 saturated heterocycles. The Balaban J connectivity index is 1.69. The van der Waals surface area contributed by atoms with Gasteiger partial charge in [-0.2, -0.15) is 0 Å². The van der Waals surface area contributed by atoms with Crippen molar-refractivity contribution in [2.45, 2.75) is 19.4 Å². The molecule has 2 atom stereocenters. The number of rotatable bonds is 3. The molecule has 1 unspecified atom stereocenters. The van der Waals surface area contributed by atoms with E-state index in [0.717, 1.165) is 12.5 Å². The molecule has 0 radical (unpaired) electrons. The molecule has 0 aliphatic carbocycles. The van der Waals surface area contributed by atoms with Crippen LogP contribution < -0.4 is 0 Å². The van der Waals surface area contributed by atoms with Crippen LogP contribution in [-0.4, -0.2) is 18.0 Å². The third kappa shape index (κ3) is 2.87. The van der Waals surface area contributed by atoms with E-state index < -0.39 is 0 Å². The van der Waals surface area contributed by atoms with Crippen LogP contribution in [0.15, 0.2) is 60.7 Å². The van der Waals surface area contributed by atoms with Crippen LogP contribution in [0.2, 0.25) is 0 Å². The smallest absolute Gasteiger partial charge is 0.0234 e. The van der Waals surface area contributed by atoms with Gasteiger partial charge in [-0.25, -0.2) is 0 Å². The number of hydrogen-bond donors (Lipinski definition) is 0. The molecule has 3 rings (SSSR count). The first kappa shape index (κ1) is 12.4. The first-order valence-corrected chi connectivity index (χ1v) is 7.14. The van der Waals surface area contributed by atoms with Crippen LogP contribution in [0.1, 0.15) is 24.0 Å². The quantitative estimate of drug-likeness (QED) is 0.799. The highest BCUT2D eigenvalue weighted by Gasteiger charge is 2.30. The summed E-state index contributed by atoms with van der Waals surface area (Å²) in [6.45, 7) is 5.84. The van der Waals surface area contributed by atoms with E-state index in [1.165, 1.54) is 24.2 Å². The highest BCUT2D eigenvalue weighted by molar-refractivity contribution is 5.22. The SMILES string of the molecule is CC1CN(Cc2ccccc2)C[C@@H]1c1ccccc1. The van der Waals surface area contributed by atoms with Crippen LogP contribution in [0.3, 0.4) is 0 Å².